The lowest BCUT2D eigenvalue weighted by atomic mass is 9.71. The zero-order valence-corrected chi connectivity index (χ0v) is 15.2. The molecular weight excluding hydrogens is 336 g/mol. The van der Waals surface area contributed by atoms with Gasteiger partial charge in [-0.3, -0.25) is 4.79 Å². The maximum atomic E-state index is 12.7. The van der Waals surface area contributed by atoms with Gasteiger partial charge < -0.3 is 14.6 Å². The van der Waals surface area contributed by atoms with Gasteiger partial charge in [0.1, 0.15) is 0 Å². The van der Waals surface area contributed by atoms with E-state index in [1.54, 1.807) is 0 Å². The summed E-state index contributed by atoms with van der Waals surface area (Å²) in [5, 5.41) is 12.6. The Morgan fingerprint density at radius 2 is 2.16 bits per heavy atom. The summed E-state index contributed by atoms with van der Waals surface area (Å²) >= 11 is 6.10. The van der Waals surface area contributed by atoms with Crippen LogP contribution in [0.4, 0.5) is 0 Å². The maximum Gasteiger partial charge on any atom is 0.224 e. The zero-order valence-electron chi connectivity index (χ0n) is 14.5. The molecule has 0 radical (unpaired) electrons. The molecule has 1 N–H and O–H groups in total. The van der Waals surface area contributed by atoms with E-state index in [4.69, 9.17) is 11.6 Å². The number of carbonyl (C=O) groups is 1. The molecule has 25 heavy (non-hydrogen) atoms. The molecule has 134 valence electrons. The Balaban J connectivity index is 1.40. The number of benzene rings is 1. The predicted molar refractivity (Wildman–Crippen MR) is 99.7 cm³/mol. The fourth-order valence-electron chi connectivity index (χ4n) is 4.52. The fraction of sp³-hybridized carbons (Fsp3) is 0.550. The summed E-state index contributed by atoms with van der Waals surface area (Å²) in [6.45, 7) is 2.06. The van der Waals surface area contributed by atoms with Crippen LogP contribution in [0.15, 0.2) is 30.5 Å². The Kier molecular flexibility index (Phi) is 4.50. The molecule has 0 unspecified atom stereocenters. The lowest BCUT2D eigenvalue weighted by Crippen LogP contribution is -2.54. The number of aliphatic hydroxyl groups is 1. The summed E-state index contributed by atoms with van der Waals surface area (Å²) in [7, 11) is 0. The van der Waals surface area contributed by atoms with Crippen molar-refractivity contribution < 1.29 is 9.90 Å². The third kappa shape index (κ3) is 3.30. The zero-order chi connectivity index (χ0) is 17.4. The normalized spacial score (nSPS) is 26.6. The SMILES string of the molecule is O=C(CCn1ccc2ccc(Cl)cc21)N1CC[C@@]2(O)CCCC[C@@H]2C1. The molecule has 1 aromatic heterocycles. The maximum absolute atomic E-state index is 12.7. The van der Waals surface area contributed by atoms with E-state index in [0.29, 0.717) is 31.1 Å². The number of hydrogen-bond donors (Lipinski definition) is 1. The number of fused-ring (bicyclic) bond motifs is 2. The van der Waals surface area contributed by atoms with Gasteiger partial charge in [-0.1, -0.05) is 30.5 Å². The van der Waals surface area contributed by atoms with Crippen LogP contribution in [0.2, 0.25) is 5.02 Å². The van der Waals surface area contributed by atoms with Crippen LogP contribution in [0.5, 0.6) is 0 Å². The van der Waals surface area contributed by atoms with Crippen molar-refractivity contribution in [1.29, 1.82) is 0 Å². The number of rotatable bonds is 3. The van der Waals surface area contributed by atoms with E-state index in [-0.39, 0.29) is 11.8 Å². The Labute approximate surface area is 153 Å². The highest BCUT2D eigenvalue weighted by atomic mass is 35.5. The molecule has 2 heterocycles. The Morgan fingerprint density at radius 3 is 3.04 bits per heavy atom. The van der Waals surface area contributed by atoms with Crippen molar-refractivity contribution in [3.05, 3.63) is 35.5 Å². The quantitative estimate of drug-likeness (QED) is 0.903. The summed E-state index contributed by atoms with van der Waals surface area (Å²) in [5.74, 6) is 0.446. The average Bonchev–Trinajstić information content (AvgIpc) is 3.01. The van der Waals surface area contributed by atoms with Crippen LogP contribution >= 0.6 is 11.6 Å². The van der Waals surface area contributed by atoms with Gasteiger partial charge in [0, 0.05) is 48.7 Å². The molecule has 0 spiro atoms. The highest BCUT2D eigenvalue weighted by Gasteiger charge is 2.43. The van der Waals surface area contributed by atoms with Crippen LogP contribution in [-0.2, 0) is 11.3 Å². The van der Waals surface area contributed by atoms with E-state index in [2.05, 4.69) is 10.6 Å². The first-order chi connectivity index (χ1) is 12.0. The van der Waals surface area contributed by atoms with Gasteiger partial charge in [0.25, 0.3) is 0 Å². The topological polar surface area (TPSA) is 45.5 Å². The van der Waals surface area contributed by atoms with Crippen molar-refractivity contribution in [2.45, 2.75) is 50.7 Å². The van der Waals surface area contributed by atoms with Gasteiger partial charge >= 0.3 is 0 Å². The van der Waals surface area contributed by atoms with E-state index in [9.17, 15) is 9.90 Å². The van der Waals surface area contributed by atoms with Crippen molar-refractivity contribution in [2.75, 3.05) is 13.1 Å². The van der Waals surface area contributed by atoms with Gasteiger partial charge in [-0.05, 0) is 42.8 Å². The van der Waals surface area contributed by atoms with Crippen molar-refractivity contribution >= 4 is 28.4 Å². The molecule has 1 saturated carbocycles. The van der Waals surface area contributed by atoms with E-state index >= 15 is 0 Å². The number of amides is 1. The Hall–Kier alpha value is -1.52. The summed E-state index contributed by atoms with van der Waals surface area (Å²) in [4.78, 5) is 14.6. The molecule has 4 nitrogen and oxygen atoms in total. The van der Waals surface area contributed by atoms with Gasteiger partial charge in [0.05, 0.1) is 5.60 Å². The van der Waals surface area contributed by atoms with Crippen LogP contribution in [0.25, 0.3) is 10.9 Å². The second-order valence-electron chi connectivity index (χ2n) is 7.60. The molecule has 1 saturated heterocycles. The lowest BCUT2D eigenvalue weighted by molar-refractivity contribution is -0.143. The first kappa shape index (κ1) is 16.9. The minimum Gasteiger partial charge on any atom is -0.389 e. The van der Waals surface area contributed by atoms with Gasteiger partial charge in [-0.2, -0.15) is 0 Å². The summed E-state index contributed by atoms with van der Waals surface area (Å²) in [6.07, 6.45) is 7.46. The number of nitrogens with zero attached hydrogens (tertiary/aromatic N) is 2. The summed E-state index contributed by atoms with van der Waals surface area (Å²) in [5.41, 5.74) is 0.545. The van der Waals surface area contributed by atoms with E-state index in [0.717, 1.165) is 36.6 Å². The number of aryl methyl sites for hydroxylation is 1. The first-order valence-corrected chi connectivity index (χ1v) is 9.67. The van der Waals surface area contributed by atoms with Gasteiger partial charge in [0.2, 0.25) is 5.91 Å². The lowest BCUT2D eigenvalue weighted by Gasteiger charge is -2.47. The minimum absolute atomic E-state index is 0.191. The smallest absolute Gasteiger partial charge is 0.224 e. The van der Waals surface area contributed by atoms with Crippen molar-refractivity contribution in [3.63, 3.8) is 0 Å². The predicted octanol–water partition coefficient (Wildman–Crippen LogP) is 3.84. The fourth-order valence-corrected chi connectivity index (χ4v) is 4.69. The minimum atomic E-state index is -0.525. The molecule has 2 aliphatic rings. The Bertz CT molecular complexity index is 787. The van der Waals surface area contributed by atoms with Crippen molar-refractivity contribution in [2.24, 2.45) is 5.92 Å². The van der Waals surface area contributed by atoms with E-state index < -0.39 is 5.60 Å². The second-order valence-corrected chi connectivity index (χ2v) is 8.03. The third-order valence-corrected chi connectivity index (χ3v) is 6.32. The molecule has 1 aromatic carbocycles. The van der Waals surface area contributed by atoms with Crippen LogP contribution in [-0.4, -0.2) is 39.2 Å². The van der Waals surface area contributed by atoms with Gasteiger partial charge in [-0.15, -0.1) is 0 Å². The number of hydrogen-bond acceptors (Lipinski definition) is 2. The number of aromatic nitrogens is 1. The standard InChI is InChI=1S/C20H25ClN2O2/c21-17-5-4-15-6-10-22(18(15)13-17)11-7-19(24)23-12-9-20(25)8-2-1-3-16(20)14-23/h4-6,10,13,16,25H,1-3,7-9,11-12,14H2/t16-,20+/m1/s1. The summed E-state index contributed by atoms with van der Waals surface area (Å²) < 4.78 is 2.10. The monoisotopic (exact) mass is 360 g/mol. The number of carbonyl (C=O) groups excluding carboxylic acids is 1. The molecule has 1 amide bonds. The average molecular weight is 361 g/mol. The molecule has 4 rings (SSSR count). The van der Waals surface area contributed by atoms with E-state index in [1.165, 1.54) is 6.42 Å². The number of halogens is 1. The molecule has 5 heteroatoms. The second kappa shape index (κ2) is 6.65. The largest absolute Gasteiger partial charge is 0.389 e. The van der Waals surface area contributed by atoms with Crippen molar-refractivity contribution in [3.8, 4) is 0 Å². The van der Waals surface area contributed by atoms with Crippen LogP contribution in [0.3, 0.4) is 0 Å². The first-order valence-electron chi connectivity index (χ1n) is 9.30. The molecule has 2 atom stereocenters. The van der Waals surface area contributed by atoms with Gasteiger partial charge in [-0.25, -0.2) is 0 Å². The number of piperidine rings is 1. The van der Waals surface area contributed by atoms with Crippen molar-refractivity contribution in [1.82, 2.24) is 9.47 Å². The van der Waals surface area contributed by atoms with Crippen LogP contribution in [0, 0.1) is 5.92 Å². The molecular formula is C20H25ClN2O2. The van der Waals surface area contributed by atoms with Gasteiger partial charge in [0.15, 0.2) is 0 Å². The third-order valence-electron chi connectivity index (χ3n) is 6.08. The molecule has 2 fully saturated rings. The highest BCUT2D eigenvalue weighted by molar-refractivity contribution is 6.31. The number of likely N-dealkylation sites (tertiary alicyclic amines) is 1. The molecule has 0 bridgehead atoms. The van der Waals surface area contributed by atoms with Crippen LogP contribution < -0.4 is 0 Å². The molecule has 2 aromatic rings. The molecule has 1 aliphatic carbocycles. The van der Waals surface area contributed by atoms with Crippen LogP contribution in [0.1, 0.15) is 38.5 Å². The highest BCUT2D eigenvalue weighted by Crippen LogP contribution is 2.39. The summed E-state index contributed by atoms with van der Waals surface area (Å²) in [6, 6.07) is 7.90. The Morgan fingerprint density at radius 1 is 1.28 bits per heavy atom. The molecule has 1 aliphatic heterocycles. The van der Waals surface area contributed by atoms with E-state index in [1.807, 2.05) is 29.3 Å².